The first kappa shape index (κ1) is 16.4. The second-order valence-electron chi connectivity index (χ2n) is 6.86. The summed E-state index contributed by atoms with van der Waals surface area (Å²) < 4.78 is 5.18. The molecule has 0 aliphatic carbocycles. The minimum atomic E-state index is 0.0330. The van der Waals surface area contributed by atoms with E-state index < -0.39 is 0 Å². The molecule has 2 saturated heterocycles. The average molecular weight is 348 g/mol. The molecule has 1 amide bonds. The van der Waals surface area contributed by atoms with Gasteiger partial charge in [-0.25, -0.2) is 4.98 Å². The number of hydrogen-bond acceptors (Lipinski definition) is 5. The molecule has 6 nitrogen and oxygen atoms in total. The van der Waals surface area contributed by atoms with E-state index in [1.54, 1.807) is 19.4 Å². The number of anilines is 1. The highest BCUT2D eigenvalue weighted by Crippen LogP contribution is 2.35. The largest absolute Gasteiger partial charge is 0.497 e. The third-order valence-corrected chi connectivity index (χ3v) is 5.26. The number of likely N-dealkylation sites (tertiary alicyclic amines) is 1. The Morgan fingerprint density at radius 2 is 2.00 bits per heavy atom. The summed E-state index contributed by atoms with van der Waals surface area (Å²) in [6.07, 6.45) is 1.58. The van der Waals surface area contributed by atoms with Gasteiger partial charge in [-0.3, -0.25) is 4.79 Å². The van der Waals surface area contributed by atoms with Crippen LogP contribution in [0.2, 0.25) is 0 Å². The molecule has 26 heavy (non-hydrogen) atoms. The van der Waals surface area contributed by atoms with E-state index >= 15 is 0 Å². The van der Waals surface area contributed by atoms with Crippen LogP contribution in [0.25, 0.3) is 0 Å². The number of amides is 1. The van der Waals surface area contributed by atoms with Gasteiger partial charge in [0.2, 0.25) is 5.91 Å². The number of rotatable bonds is 4. The van der Waals surface area contributed by atoms with Crippen LogP contribution >= 0.6 is 0 Å². The van der Waals surface area contributed by atoms with Gasteiger partial charge in [0.05, 0.1) is 18.6 Å². The lowest BCUT2D eigenvalue weighted by atomic mass is 10.0. The Labute approximate surface area is 152 Å². The molecule has 2 aliphatic heterocycles. The monoisotopic (exact) mass is 348 g/mol. The summed E-state index contributed by atoms with van der Waals surface area (Å²) in [5.74, 6) is 2.25. The van der Waals surface area contributed by atoms with E-state index in [4.69, 9.17) is 10.00 Å². The zero-order valence-electron chi connectivity index (χ0n) is 14.6. The summed E-state index contributed by atoms with van der Waals surface area (Å²) in [4.78, 5) is 21.3. The highest BCUT2D eigenvalue weighted by Gasteiger charge is 2.46. The van der Waals surface area contributed by atoms with Crippen molar-refractivity contribution < 1.29 is 9.53 Å². The van der Waals surface area contributed by atoms with Gasteiger partial charge in [-0.15, -0.1) is 0 Å². The molecule has 0 N–H and O–H groups in total. The third-order valence-electron chi connectivity index (χ3n) is 5.26. The molecular weight excluding hydrogens is 328 g/mol. The van der Waals surface area contributed by atoms with Gasteiger partial charge in [0, 0.05) is 38.3 Å². The molecule has 3 heterocycles. The van der Waals surface area contributed by atoms with Crippen molar-refractivity contribution in [3.05, 3.63) is 53.7 Å². The predicted molar refractivity (Wildman–Crippen MR) is 96.6 cm³/mol. The van der Waals surface area contributed by atoms with Crippen LogP contribution in [0.4, 0.5) is 5.82 Å². The Kier molecular flexibility index (Phi) is 4.21. The molecule has 132 valence electrons. The minimum Gasteiger partial charge on any atom is -0.497 e. The number of fused-ring (bicyclic) bond motifs is 1. The molecule has 0 saturated carbocycles. The fraction of sp³-hybridized carbons (Fsp3) is 0.350. The first-order valence-corrected chi connectivity index (χ1v) is 8.71. The highest BCUT2D eigenvalue weighted by molar-refractivity contribution is 5.83. The second-order valence-corrected chi connectivity index (χ2v) is 6.86. The molecule has 4 rings (SSSR count). The van der Waals surface area contributed by atoms with E-state index in [0.717, 1.165) is 30.2 Å². The third kappa shape index (κ3) is 2.97. The highest BCUT2D eigenvalue weighted by atomic mass is 16.5. The van der Waals surface area contributed by atoms with Crippen LogP contribution in [0.1, 0.15) is 11.1 Å². The number of hydrogen-bond donors (Lipinski definition) is 0. The van der Waals surface area contributed by atoms with Crippen molar-refractivity contribution in [1.82, 2.24) is 9.88 Å². The fourth-order valence-corrected chi connectivity index (χ4v) is 3.86. The minimum absolute atomic E-state index is 0.0330. The summed E-state index contributed by atoms with van der Waals surface area (Å²) >= 11 is 0. The number of methoxy groups -OCH3 is 1. The lowest BCUT2D eigenvalue weighted by Gasteiger charge is -2.22. The molecule has 0 radical (unpaired) electrons. The Balaban J connectivity index is 1.40. The van der Waals surface area contributed by atoms with Gasteiger partial charge < -0.3 is 14.5 Å². The summed E-state index contributed by atoms with van der Waals surface area (Å²) in [6.45, 7) is 2.95. The van der Waals surface area contributed by atoms with Gasteiger partial charge in [-0.1, -0.05) is 12.1 Å². The van der Waals surface area contributed by atoms with Crippen LogP contribution < -0.4 is 9.64 Å². The van der Waals surface area contributed by atoms with Crippen molar-refractivity contribution in [2.45, 2.75) is 6.54 Å². The van der Waals surface area contributed by atoms with Gasteiger partial charge >= 0.3 is 0 Å². The SMILES string of the molecule is COc1ccc(CN2C[C@@H]3CN(c4ccc(C#N)cn4)C[C@@H]3C2=O)cc1. The molecule has 0 unspecified atom stereocenters. The molecular formula is C20H20N4O2. The van der Waals surface area contributed by atoms with Gasteiger partial charge in [-0.2, -0.15) is 5.26 Å². The maximum absolute atomic E-state index is 12.8. The Morgan fingerprint density at radius 1 is 1.19 bits per heavy atom. The quantitative estimate of drug-likeness (QED) is 0.846. The first-order valence-electron chi connectivity index (χ1n) is 8.71. The second kappa shape index (κ2) is 6.68. The lowest BCUT2D eigenvalue weighted by Crippen LogP contribution is -2.32. The van der Waals surface area contributed by atoms with Crippen molar-refractivity contribution >= 4 is 11.7 Å². The molecule has 0 bridgehead atoms. The van der Waals surface area contributed by atoms with E-state index in [2.05, 4.69) is 16.0 Å². The van der Waals surface area contributed by atoms with Crippen molar-refractivity contribution in [3.63, 3.8) is 0 Å². The Morgan fingerprint density at radius 3 is 2.62 bits per heavy atom. The van der Waals surface area contributed by atoms with Gasteiger partial charge in [-0.05, 0) is 29.8 Å². The average Bonchev–Trinajstić information content (AvgIpc) is 3.22. The Bertz CT molecular complexity index is 842. The predicted octanol–water partition coefficient (Wildman–Crippen LogP) is 2.06. The molecule has 1 aromatic heterocycles. The zero-order valence-corrected chi connectivity index (χ0v) is 14.6. The number of pyridine rings is 1. The number of nitrogens with zero attached hydrogens (tertiary/aromatic N) is 4. The Hall–Kier alpha value is -3.07. The first-order chi connectivity index (χ1) is 12.7. The molecule has 0 spiro atoms. The van der Waals surface area contributed by atoms with Crippen molar-refractivity contribution in [2.24, 2.45) is 11.8 Å². The van der Waals surface area contributed by atoms with Crippen LogP contribution in [0.3, 0.4) is 0 Å². The zero-order chi connectivity index (χ0) is 18.1. The van der Waals surface area contributed by atoms with Crippen LogP contribution in [0, 0.1) is 23.2 Å². The van der Waals surface area contributed by atoms with Crippen molar-refractivity contribution in [2.75, 3.05) is 31.6 Å². The van der Waals surface area contributed by atoms with Crippen molar-refractivity contribution in [1.29, 1.82) is 5.26 Å². The van der Waals surface area contributed by atoms with Gasteiger partial charge in [0.1, 0.15) is 17.6 Å². The number of carbonyl (C=O) groups excluding carboxylic acids is 1. The number of nitriles is 1. The number of aromatic nitrogens is 1. The molecule has 2 aromatic rings. The standard InChI is InChI=1S/C20H20N4O2/c1-26-17-5-2-14(3-6-17)10-24-12-16-11-23(13-18(16)20(24)25)19-7-4-15(8-21)9-22-19/h2-7,9,16,18H,10-13H2,1H3/t16-,18-/m0/s1. The summed E-state index contributed by atoms with van der Waals surface area (Å²) in [5, 5.41) is 8.88. The molecule has 2 aliphatic rings. The van der Waals surface area contributed by atoms with Gasteiger partial charge in [0.25, 0.3) is 0 Å². The maximum atomic E-state index is 12.8. The van der Waals surface area contributed by atoms with Crippen LogP contribution in [-0.2, 0) is 11.3 Å². The maximum Gasteiger partial charge on any atom is 0.228 e. The summed E-state index contributed by atoms with van der Waals surface area (Å²) in [6, 6.07) is 13.6. The topological polar surface area (TPSA) is 69.5 Å². The summed E-state index contributed by atoms with van der Waals surface area (Å²) in [5.41, 5.74) is 1.67. The lowest BCUT2D eigenvalue weighted by molar-refractivity contribution is -0.131. The van der Waals surface area contributed by atoms with Crippen LogP contribution in [0.5, 0.6) is 5.75 Å². The molecule has 2 atom stereocenters. The number of benzene rings is 1. The van der Waals surface area contributed by atoms with E-state index in [1.807, 2.05) is 35.2 Å². The molecule has 6 heteroatoms. The van der Waals surface area contributed by atoms with Gasteiger partial charge in [0.15, 0.2) is 0 Å². The number of ether oxygens (including phenoxy) is 1. The fourth-order valence-electron chi connectivity index (χ4n) is 3.86. The summed E-state index contributed by atoms with van der Waals surface area (Å²) in [7, 11) is 1.65. The van der Waals surface area contributed by atoms with Crippen LogP contribution in [0.15, 0.2) is 42.6 Å². The molecule has 1 aromatic carbocycles. The number of carbonyl (C=O) groups is 1. The van der Waals surface area contributed by atoms with E-state index in [1.165, 1.54) is 0 Å². The van der Waals surface area contributed by atoms with E-state index in [-0.39, 0.29) is 11.8 Å². The van der Waals surface area contributed by atoms with E-state index in [9.17, 15) is 4.79 Å². The smallest absolute Gasteiger partial charge is 0.228 e. The van der Waals surface area contributed by atoms with E-state index in [0.29, 0.717) is 24.6 Å². The normalized spacial score (nSPS) is 21.6. The van der Waals surface area contributed by atoms with Crippen molar-refractivity contribution in [3.8, 4) is 11.8 Å². The molecule has 2 fully saturated rings. The van der Waals surface area contributed by atoms with Crippen LogP contribution in [-0.4, -0.2) is 42.5 Å².